The molecule has 0 saturated heterocycles. The Kier molecular flexibility index (Phi) is 3.62. The van der Waals surface area contributed by atoms with Crippen molar-refractivity contribution >= 4 is 12.0 Å². The minimum Gasteiger partial charge on any atom is -0.481 e. The summed E-state index contributed by atoms with van der Waals surface area (Å²) in [6, 6.07) is 10.2. The van der Waals surface area contributed by atoms with Crippen LogP contribution in [0.3, 0.4) is 0 Å². The van der Waals surface area contributed by atoms with Gasteiger partial charge in [-0.25, -0.2) is 0 Å². The highest BCUT2D eigenvalue weighted by Crippen LogP contribution is 2.46. The Hall–Kier alpha value is -1.57. The summed E-state index contributed by atoms with van der Waals surface area (Å²) in [5, 5.41) is 8.90. The highest BCUT2D eigenvalue weighted by Gasteiger charge is 2.42. The van der Waals surface area contributed by atoms with Crippen LogP contribution < -0.4 is 0 Å². The van der Waals surface area contributed by atoms with E-state index in [0.29, 0.717) is 11.8 Å². The molecule has 1 N–H and O–H groups in total. The Labute approximate surface area is 102 Å². The summed E-state index contributed by atoms with van der Waals surface area (Å²) >= 11 is 0. The lowest BCUT2D eigenvalue weighted by atomic mass is 10.0. The molecule has 2 heteroatoms. The molecule has 3 unspecified atom stereocenters. The third-order valence-electron chi connectivity index (χ3n) is 3.56. The van der Waals surface area contributed by atoms with Crippen LogP contribution >= 0.6 is 0 Å². The molecule has 1 saturated carbocycles. The molecule has 1 aliphatic rings. The van der Waals surface area contributed by atoms with Gasteiger partial charge in [0.1, 0.15) is 0 Å². The van der Waals surface area contributed by atoms with Gasteiger partial charge in [-0.15, -0.1) is 0 Å². The van der Waals surface area contributed by atoms with E-state index in [0.717, 1.165) is 12.8 Å². The minimum atomic E-state index is -0.662. The van der Waals surface area contributed by atoms with Gasteiger partial charge in [0.2, 0.25) is 0 Å². The lowest BCUT2D eigenvalue weighted by Gasteiger charge is -2.02. The van der Waals surface area contributed by atoms with Gasteiger partial charge in [-0.3, -0.25) is 4.79 Å². The summed E-state index contributed by atoms with van der Waals surface area (Å²) in [4.78, 5) is 10.8. The molecular formula is C15H18O2. The van der Waals surface area contributed by atoms with Gasteiger partial charge < -0.3 is 5.11 Å². The van der Waals surface area contributed by atoms with Gasteiger partial charge in [0.05, 0.1) is 5.92 Å². The van der Waals surface area contributed by atoms with Gasteiger partial charge in [0, 0.05) is 0 Å². The van der Waals surface area contributed by atoms with Crippen molar-refractivity contribution in [1.29, 1.82) is 0 Å². The molecule has 0 bridgehead atoms. The van der Waals surface area contributed by atoms with Crippen LogP contribution in [0.15, 0.2) is 36.4 Å². The Morgan fingerprint density at radius 2 is 2.18 bits per heavy atom. The van der Waals surface area contributed by atoms with Crippen molar-refractivity contribution in [2.75, 3.05) is 0 Å². The summed E-state index contributed by atoms with van der Waals surface area (Å²) < 4.78 is 0. The van der Waals surface area contributed by atoms with Gasteiger partial charge >= 0.3 is 5.97 Å². The second-order valence-corrected chi connectivity index (χ2v) is 4.84. The molecule has 17 heavy (non-hydrogen) atoms. The fourth-order valence-electron chi connectivity index (χ4n) is 2.28. The van der Waals surface area contributed by atoms with Gasteiger partial charge in [-0.1, -0.05) is 49.4 Å². The quantitative estimate of drug-likeness (QED) is 0.841. The zero-order valence-corrected chi connectivity index (χ0v) is 10.0. The molecule has 3 atom stereocenters. The molecule has 0 aromatic heterocycles. The molecule has 0 spiro atoms. The molecule has 1 aliphatic carbocycles. The maximum atomic E-state index is 10.8. The first-order valence-corrected chi connectivity index (χ1v) is 6.13. The highest BCUT2D eigenvalue weighted by molar-refractivity contribution is 5.70. The Bertz CT molecular complexity index is 408. The monoisotopic (exact) mass is 230 g/mol. The Morgan fingerprint density at radius 1 is 1.47 bits per heavy atom. The van der Waals surface area contributed by atoms with Crippen LogP contribution in [-0.2, 0) is 4.79 Å². The van der Waals surface area contributed by atoms with Crippen molar-refractivity contribution in [3.63, 3.8) is 0 Å². The largest absolute Gasteiger partial charge is 0.481 e. The van der Waals surface area contributed by atoms with Crippen LogP contribution in [-0.4, -0.2) is 11.1 Å². The summed E-state index contributed by atoms with van der Waals surface area (Å²) in [5.74, 6) is 0.101. The zero-order chi connectivity index (χ0) is 12.3. The molecule has 1 fully saturated rings. The highest BCUT2D eigenvalue weighted by atomic mass is 16.4. The van der Waals surface area contributed by atoms with Crippen LogP contribution in [0.25, 0.3) is 6.08 Å². The Balaban J connectivity index is 1.78. The summed E-state index contributed by atoms with van der Waals surface area (Å²) in [6.07, 6.45) is 6.33. The van der Waals surface area contributed by atoms with E-state index in [9.17, 15) is 4.79 Å². The van der Waals surface area contributed by atoms with E-state index in [4.69, 9.17) is 5.11 Å². The summed E-state index contributed by atoms with van der Waals surface area (Å²) in [7, 11) is 0. The maximum Gasteiger partial charge on any atom is 0.306 e. The van der Waals surface area contributed by atoms with Gasteiger partial charge in [0.15, 0.2) is 0 Å². The molecule has 1 aromatic carbocycles. The first kappa shape index (κ1) is 11.9. The van der Waals surface area contributed by atoms with Crippen LogP contribution in [0.1, 0.15) is 25.3 Å². The number of benzene rings is 1. The topological polar surface area (TPSA) is 37.3 Å². The van der Waals surface area contributed by atoms with E-state index in [-0.39, 0.29) is 5.92 Å². The molecule has 90 valence electrons. The van der Waals surface area contributed by atoms with Crippen LogP contribution in [0.2, 0.25) is 0 Å². The molecule has 2 rings (SSSR count). The maximum absolute atomic E-state index is 10.8. The number of carbonyl (C=O) groups is 1. The molecule has 0 radical (unpaired) electrons. The van der Waals surface area contributed by atoms with E-state index in [2.05, 4.69) is 24.3 Å². The number of hydrogen-bond donors (Lipinski definition) is 1. The van der Waals surface area contributed by atoms with Crippen molar-refractivity contribution < 1.29 is 9.90 Å². The fraction of sp³-hybridized carbons (Fsp3) is 0.400. The zero-order valence-electron chi connectivity index (χ0n) is 10.0. The predicted octanol–water partition coefficient (Wildman–Crippen LogP) is 3.45. The second-order valence-electron chi connectivity index (χ2n) is 4.84. The Morgan fingerprint density at radius 3 is 2.82 bits per heavy atom. The molecular weight excluding hydrogens is 212 g/mol. The number of carboxylic acid groups (broad SMARTS) is 1. The smallest absolute Gasteiger partial charge is 0.306 e. The average Bonchev–Trinajstić information content (AvgIpc) is 3.09. The minimum absolute atomic E-state index is 0.190. The predicted molar refractivity (Wildman–Crippen MR) is 68.5 cm³/mol. The first-order valence-electron chi connectivity index (χ1n) is 6.13. The van der Waals surface area contributed by atoms with E-state index >= 15 is 0 Å². The number of carboxylic acids is 1. The molecule has 0 heterocycles. The van der Waals surface area contributed by atoms with Crippen LogP contribution in [0, 0.1) is 17.8 Å². The fourth-order valence-corrected chi connectivity index (χ4v) is 2.28. The number of allylic oxidation sites excluding steroid dienone is 1. The third kappa shape index (κ3) is 3.19. The molecule has 2 nitrogen and oxygen atoms in total. The van der Waals surface area contributed by atoms with Crippen molar-refractivity contribution in [1.82, 2.24) is 0 Å². The van der Waals surface area contributed by atoms with E-state index in [1.54, 1.807) is 0 Å². The van der Waals surface area contributed by atoms with E-state index in [1.165, 1.54) is 5.56 Å². The first-order chi connectivity index (χ1) is 8.18. The number of aliphatic carboxylic acids is 1. The number of hydrogen-bond acceptors (Lipinski definition) is 1. The lowest BCUT2D eigenvalue weighted by molar-refractivity contribution is -0.141. The van der Waals surface area contributed by atoms with E-state index in [1.807, 2.05) is 25.1 Å². The third-order valence-corrected chi connectivity index (χ3v) is 3.56. The molecule has 0 amide bonds. The SMILES string of the molecule is CC(C(=O)O)C1CC1CC=Cc1ccccc1. The standard InChI is InChI=1S/C15H18O2/c1-11(15(16)17)14-10-13(14)9-5-8-12-6-3-2-4-7-12/h2-8,11,13-14H,9-10H2,1H3,(H,16,17). The van der Waals surface area contributed by atoms with E-state index < -0.39 is 5.97 Å². The van der Waals surface area contributed by atoms with Gasteiger partial charge in [-0.2, -0.15) is 0 Å². The van der Waals surface area contributed by atoms with Gasteiger partial charge in [-0.05, 0) is 30.2 Å². The van der Waals surface area contributed by atoms with Gasteiger partial charge in [0.25, 0.3) is 0 Å². The van der Waals surface area contributed by atoms with Crippen molar-refractivity contribution in [2.24, 2.45) is 17.8 Å². The average molecular weight is 230 g/mol. The van der Waals surface area contributed by atoms with Crippen LogP contribution in [0.5, 0.6) is 0 Å². The molecule has 1 aromatic rings. The second kappa shape index (κ2) is 5.17. The van der Waals surface area contributed by atoms with Crippen LogP contribution in [0.4, 0.5) is 0 Å². The van der Waals surface area contributed by atoms with Crippen molar-refractivity contribution in [2.45, 2.75) is 19.8 Å². The van der Waals surface area contributed by atoms with Crippen molar-refractivity contribution in [3.05, 3.63) is 42.0 Å². The summed E-state index contributed by atoms with van der Waals surface area (Å²) in [6.45, 7) is 1.81. The normalized spacial score (nSPS) is 24.8. The molecule has 0 aliphatic heterocycles. The van der Waals surface area contributed by atoms with Crippen molar-refractivity contribution in [3.8, 4) is 0 Å². The number of rotatable bonds is 5. The lowest BCUT2D eigenvalue weighted by Crippen LogP contribution is -2.12. The summed E-state index contributed by atoms with van der Waals surface area (Å²) in [5.41, 5.74) is 1.20.